The van der Waals surface area contributed by atoms with Gasteiger partial charge in [0.2, 0.25) is 10.0 Å². The average Bonchev–Trinajstić information content (AvgIpc) is 2.99. The summed E-state index contributed by atoms with van der Waals surface area (Å²) in [6.45, 7) is 0.293. The standard InChI is InChI=1S/C14H19N3O2S.ClH/c15-9-11-4-3-7-13(8-11)20(18,19)17-14(10-16)12-5-1-2-6-12;/h3-4,7-8,12,14,17H,1-2,5-6,10,16H2;1H. The van der Waals surface area contributed by atoms with Crippen LogP contribution in [0.3, 0.4) is 0 Å². The fourth-order valence-electron chi connectivity index (χ4n) is 2.70. The minimum absolute atomic E-state index is 0. The summed E-state index contributed by atoms with van der Waals surface area (Å²) in [6.07, 6.45) is 4.30. The van der Waals surface area contributed by atoms with E-state index in [4.69, 9.17) is 11.0 Å². The molecule has 0 aromatic heterocycles. The van der Waals surface area contributed by atoms with Crippen LogP contribution in [0.4, 0.5) is 0 Å². The van der Waals surface area contributed by atoms with Crippen molar-refractivity contribution in [1.29, 1.82) is 5.26 Å². The number of benzene rings is 1. The van der Waals surface area contributed by atoms with Crippen molar-refractivity contribution < 1.29 is 8.42 Å². The number of halogens is 1. The Kier molecular flexibility index (Phi) is 6.62. The zero-order chi connectivity index (χ0) is 14.6. The minimum atomic E-state index is -3.62. The highest BCUT2D eigenvalue weighted by molar-refractivity contribution is 7.89. The van der Waals surface area contributed by atoms with Gasteiger partial charge >= 0.3 is 0 Å². The molecule has 7 heteroatoms. The predicted octanol–water partition coefficient (Wildman–Crippen LogP) is 1.78. The Morgan fingerprint density at radius 3 is 2.62 bits per heavy atom. The van der Waals surface area contributed by atoms with E-state index in [9.17, 15) is 8.42 Å². The second kappa shape index (κ2) is 7.76. The minimum Gasteiger partial charge on any atom is -0.329 e. The lowest BCUT2D eigenvalue weighted by Crippen LogP contribution is -2.44. The first kappa shape index (κ1) is 17.9. The molecule has 2 rings (SSSR count). The maximum Gasteiger partial charge on any atom is 0.240 e. The first-order valence-corrected chi connectivity index (χ1v) is 8.27. The van der Waals surface area contributed by atoms with Gasteiger partial charge in [0.25, 0.3) is 0 Å². The average molecular weight is 330 g/mol. The molecule has 3 N–H and O–H groups in total. The lowest BCUT2D eigenvalue weighted by molar-refractivity contribution is 0.405. The third-order valence-electron chi connectivity index (χ3n) is 3.80. The molecule has 1 atom stereocenters. The number of sulfonamides is 1. The predicted molar refractivity (Wildman–Crippen MR) is 83.5 cm³/mol. The van der Waals surface area contributed by atoms with Crippen LogP contribution in [0.5, 0.6) is 0 Å². The van der Waals surface area contributed by atoms with Crippen molar-refractivity contribution in [3.05, 3.63) is 29.8 Å². The SMILES string of the molecule is Cl.N#Cc1cccc(S(=O)(=O)NC(CN)C2CCCC2)c1. The van der Waals surface area contributed by atoms with Crippen LogP contribution in [-0.4, -0.2) is 21.0 Å². The lowest BCUT2D eigenvalue weighted by atomic mass is 9.99. The monoisotopic (exact) mass is 329 g/mol. The second-order valence-corrected chi connectivity index (χ2v) is 6.86. The van der Waals surface area contributed by atoms with Gasteiger partial charge in [-0.1, -0.05) is 18.9 Å². The summed E-state index contributed by atoms with van der Waals surface area (Å²) in [7, 11) is -3.62. The fourth-order valence-corrected chi connectivity index (χ4v) is 4.06. The van der Waals surface area contributed by atoms with Gasteiger partial charge < -0.3 is 5.73 Å². The van der Waals surface area contributed by atoms with Crippen LogP contribution in [0.15, 0.2) is 29.2 Å². The lowest BCUT2D eigenvalue weighted by Gasteiger charge is -2.23. The van der Waals surface area contributed by atoms with Crippen molar-refractivity contribution in [1.82, 2.24) is 4.72 Å². The maximum absolute atomic E-state index is 12.4. The van der Waals surface area contributed by atoms with Crippen molar-refractivity contribution in [2.24, 2.45) is 11.7 Å². The Hall–Kier alpha value is -1.13. The van der Waals surface area contributed by atoms with Crippen LogP contribution >= 0.6 is 12.4 Å². The Morgan fingerprint density at radius 2 is 2.05 bits per heavy atom. The Morgan fingerprint density at radius 1 is 1.38 bits per heavy atom. The second-order valence-electron chi connectivity index (χ2n) is 5.15. The molecule has 0 amide bonds. The van der Waals surface area contributed by atoms with E-state index in [2.05, 4.69) is 4.72 Å². The molecule has 1 aromatic rings. The molecule has 21 heavy (non-hydrogen) atoms. The summed E-state index contributed by atoms with van der Waals surface area (Å²) in [5, 5.41) is 8.84. The van der Waals surface area contributed by atoms with Crippen LogP contribution in [0, 0.1) is 17.2 Å². The van der Waals surface area contributed by atoms with Gasteiger partial charge in [-0.15, -0.1) is 12.4 Å². The normalized spacial score (nSPS) is 17.0. The van der Waals surface area contributed by atoms with E-state index in [1.54, 1.807) is 12.1 Å². The first-order valence-electron chi connectivity index (χ1n) is 6.79. The molecule has 0 bridgehead atoms. The molecular weight excluding hydrogens is 310 g/mol. The van der Waals surface area contributed by atoms with E-state index in [1.807, 2.05) is 6.07 Å². The summed E-state index contributed by atoms with van der Waals surface area (Å²) in [5.41, 5.74) is 6.05. The quantitative estimate of drug-likeness (QED) is 0.860. The number of hydrogen-bond donors (Lipinski definition) is 2. The highest BCUT2D eigenvalue weighted by Gasteiger charge is 2.28. The van der Waals surface area contributed by atoms with Crippen LogP contribution < -0.4 is 10.5 Å². The van der Waals surface area contributed by atoms with Gasteiger partial charge in [-0.05, 0) is 37.0 Å². The van der Waals surface area contributed by atoms with Crippen molar-refractivity contribution >= 4 is 22.4 Å². The van der Waals surface area contributed by atoms with Crippen LogP contribution in [0.1, 0.15) is 31.2 Å². The van der Waals surface area contributed by atoms with Crippen molar-refractivity contribution in [2.45, 2.75) is 36.6 Å². The van der Waals surface area contributed by atoms with Gasteiger partial charge in [-0.25, -0.2) is 13.1 Å². The van der Waals surface area contributed by atoms with Crippen molar-refractivity contribution in [3.8, 4) is 6.07 Å². The van der Waals surface area contributed by atoms with Gasteiger partial charge in [-0.3, -0.25) is 0 Å². The molecular formula is C14H20ClN3O2S. The molecule has 0 saturated heterocycles. The molecule has 5 nitrogen and oxygen atoms in total. The smallest absolute Gasteiger partial charge is 0.240 e. The zero-order valence-corrected chi connectivity index (χ0v) is 13.3. The van der Waals surface area contributed by atoms with Gasteiger partial charge in [0.05, 0.1) is 16.5 Å². The molecule has 1 aromatic carbocycles. The number of rotatable bonds is 5. The van der Waals surface area contributed by atoms with Crippen LogP contribution in [-0.2, 0) is 10.0 Å². The summed E-state index contributed by atoms with van der Waals surface area (Å²) < 4.78 is 27.4. The molecule has 116 valence electrons. The molecule has 1 saturated carbocycles. The van der Waals surface area contributed by atoms with E-state index in [0.29, 0.717) is 18.0 Å². The largest absolute Gasteiger partial charge is 0.329 e. The molecule has 0 spiro atoms. The molecule has 1 aliphatic rings. The van der Waals surface area contributed by atoms with Crippen molar-refractivity contribution in [2.75, 3.05) is 6.54 Å². The molecule has 1 aliphatic carbocycles. The summed E-state index contributed by atoms with van der Waals surface area (Å²) in [6, 6.07) is 7.74. The van der Waals surface area contributed by atoms with E-state index in [1.165, 1.54) is 12.1 Å². The highest BCUT2D eigenvalue weighted by atomic mass is 35.5. The molecule has 0 radical (unpaired) electrons. The first-order chi connectivity index (χ1) is 9.56. The van der Waals surface area contributed by atoms with Gasteiger partial charge in [0, 0.05) is 12.6 Å². The molecule has 0 heterocycles. The van der Waals surface area contributed by atoms with Gasteiger partial charge in [0.1, 0.15) is 0 Å². The molecule has 1 unspecified atom stereocenters. The Balaban J connectivity index is 0.00000220. The third-order valence-corrected chi connectivity index (χ3v) is 5.29. The number of nitrogens with two attached hydrogens (primary N) is 1. The van der Waals surface area contributed by atoms with E-state index < -0.39 is 10.0 Å². The van der Waals surface area contributed by atoms with Gasteiger partial charge in [-0.2, -0.15) is 5.26 Å². The molecule has 1 fully saturated rings. The van der Waals surface area contributed by atoms with Gasteiger partial charge in [0.15, 0.2) is 0 Å². The Labute approximate surface area is 132 Å². The van der Waals surface area contributed by atoms with Crippen LogP contribution in [0.25, 0.3) is 0 Å². The fraction of sp³-hybridized carbons (Fsp3) is 0.500. The van der Waals surface area contributed by atoms with Crippen molar-refractivity contribution in [3.63, 3.8) is 0 Å². The van der Waals surface area contributed by atoms with E-state index in [-0.39, 0.29) is 23.3 Å². The zero-order valence-electron chi connectivity index (χ0n) is 11.7. The highest BCUT2D eigenvalue weighted by Crippen LogP contribution is 2.28. The Bertz CT molecular complexity index is 607. The number of nitrogens with zero attached hydrogens (tertiary/aromatic N) is 1. The number of nitrogens with one attached hydrogen (secondary N) is 1. The third kappa shape index (κ3) is 4.42. The summed E-state index contributed by atoms with van der Waals surface area (Å²) in [4.78, 5) is 0.119. The van der Waals surface area contributed by atoms with E-state index >= 15 is 0 Å². The van der Waals surface area contributed by atoms with Crippen LogP contribution in [0.2, 0.25) is 0 Å². The number of hydrogen-bond acceptors (Lipinski definition) is 4. The topological polar surface area (TPSA) is 96.0 Å². The maximum atomic E-state index is 12.4. The summed E-state index contributed by atoms with van der Waals surface area (Å²) >= 11 is 0. The number of nitriles is 1. The van der Waals surface area contributed by atoms with E-state index in [0.717, 1.165) is 25.7 Å². The molecule has 0 aliphatic heterocycles. The summed E-state index contributed by atoms with van der Waals surface area (Å²) in [5.74, 6) is 0.314.